The predicted molar refractivity (Wildman–Crippen MR) is 92.7 cm³/mol. The van der Waals surface area contributed by atoms with Crippen LogP contribution in [0.15, 0.2) is 48.5 Å². The summed E-state index contributed by atoms with van der Waals surface area (Å²) >= 11 is 0. The Kier molecular flexibility index (Phi) is 4.54. The third kappa shape index (κ3) is 2.96. The zero-order valence-electron chi connectivity index (χ0n) is 14.2. The maximum atomic E-state index is 9.25. The standard InChI is InChI=1S/C21H21NO3/c1-2-18-20(23-12-15-8-4-3-7-14(15)11-22)21-19(25-18)17-10-6-5-9-16(17)13-24-21/h3-10,18-21H,2,12-13H2,1H3/t18-,19-,20+,21+/m1/s1. The first-order valence-electron chi connectivity index (χ1n) is 8.76. The molecule has 25 heavy (non-hydrogen) atoms. The Hall–Kier alpha value is -2.19. The molecule has 4 rings (SSSR count). The van der Waals surface area contributed by atoms with Crippen LogP contribution in [0.2, 0.25) is 0 Å². The lowest BCUT2D eigenvalue weighted by molar-refractivity contribution is -0.0861. The molecule has 128 valence electrons. The molecule has 2 aromatic carbocycles. The maximum absolute atomic E-state index is 9.25. The molecule has 0 aromatic heterocycles. The van der Waals surface area contributed by atoms with E-state index < -0.39 is 0 Å². The van der Waals surface area contributed by atoms with E-state index >= 15 is 0 Å². The number of hydrogen-bond acceptors (Lipinski definition) is 4. The quantitative estimate of drug-likeness (QED) is 0.850. The van der Waals surface area contributed by atoms with Crippen LogP contribution in [0.4, 0.5) is 0 Å². The van der Waals surface area contributed by atoms with Gasteiger partial charge in [0.05, 0.1) is 31.0 Å². The van der Waals surface area contributed by atoms with Crippen LogP contribution in [-0.2, 0) is 27.4 Å². The lowest BCUT2D eigenvalue weighted by Gasteiger charge is -2.30. The summed E-state index contributed by atoms with van der Waals surface area (Å²) in [6.45, 7) is 3.09. The second-order valence-electron chi connectivity index (χ2n) is 6.52. The van der Waals surface area contributed by atoms with Crippen LogP contribution in [0.25, 0.3) is 0 Å². The van der Waals surface area contributed by atoms with Gasteiger partial charge in [0.1, 0.15) is 18.3 Å². The number of benzene rings is 2. The highest BCUT2D eigenvalue weighted by molar-refractivity contribution is 5.37. The number of hydrogen-bond donors (Lipinski definition) is 0. The highest BCUT2D eigenvalue weighted by Crippen LogP contribution is 2.43. The smallest absolute Gasteiger partial charge is 0.117 e. The zero-order chi connectivity index (χ0) is 17.2. The second-order valence-corrected chi connectivity index (χ2v) is 6.52. The minimum atomic E-state index is -0.130. The minimum absolute atomic E-state index is 0.00426. The molecule has 0 saturated carbocycles. The van der Waals surface area contributed by atoms with Crippen LogP contribution in [0.1, 0.15) is 41.7 Å². The molecule has 0 aliphatic carbocycles. The van der Waals surface area contributed by atoms with Gasteiger partial charge in [-0.2, -0.15) is 5.26 Å². The van der Waals surface area contributed by atoms with Gasteiger partial charge in [-0.15, -0.1) is 0 Å². The molecule has 2 aromatic rings. The van der Waals surface area contributed by atoms with Crippen molar-refractivity contribution < 1.29 is 14.2 Å². The lowest BCUT2D eigenvalue weighted by Crippen LogP contribution is -2.37. The van der Waals surface area contributed by atoms with Crippen molar-refractivity contribution in [3.63, 3.8) is 0 Å². The largest absolute Gasteiger partial charge is 0.368 e. The van der Waals surface area contributed by atoms with Crippen molar-refractivity contribution in [2.75, 3.05) is 0 Å². The number of nitriles is 1. The fourth-order valence-electron chi connectivity index (χ4n) is 3.76. The average molecular weight is 335 g/mol. The third-order valence-electron chi connectivity index (χ3n) is 5.07. The molecule has 1 saturated heterocycles. The Morgan fingerprint density at radius 3 is 2.80 bits per heavy atom. The summed E-state index contributed by atoms with van der Waals surface area (Å²) in [5.74, 6) is 0. The van der Waals surface area contributed by atoms with Gasteiger partial charge in [-0.1, -0.05) is 49.4 Å². The number of nitrogens with zero attached hydrogens (tertiary/aromatic N) is 1. The first-order chi connectivity index (χ1) is 12.3. The normalized spacial score (nSPS) is 27.4. The second kappa shape index (κ2) is 6.97. The van der Waals surface area contributed by atoms with Crippen molar-refractivity contribution in [3.8, 4) is 6.07 Å². The van der Waals surface area contributed by atoms with Crippen LogP contribution in [0, 0.1) is 11.3 Å². The fourth-order valence-corrected chi connectivity index (χ4v) is 3.76. The van der Waals surface area contributed by atoms with Gasteiger partial charge >= 0.3 is 0 Å². The molecule has 2 aliphatic heterocycles. The molecule has 0 N–H and O–H groups in total. The minimum Gasteiger partial charge on any atom is -0.368 e. The van der Waals surface area contributed by atoms with Gasteiger partial charge < -0.3 is 14.2 Å². The Bertz CT molecular complexity index is 798. The van der Waals surface area contributed by atoms with E-state index in [1.807, 2.05) is 36.4 Å². The maximum Gasteiger partial charge on any atom is 0.117 e. The molecule has 4 atom stereocenters. The zero-order valence-corrected chi connectivity index (χ0v) is 14.2. The molecule has 0 radical (unpaired) electrons. The molecule has 2 aliphatic rings. The van der Waals surface area contributed by atoms with Gasteiger partial charge in [0.15, 0.2) is 0 Å². The van der Waals surface area contributed by atoms with Crippen molar-refractivity contribution in [1.29, 1.82) is 5.26 Å². The number of ether oxygens (including phenoxy) is 3. The topological polar surface area (TPSA) is 51.5 Å². The Balaban J connectivity index is 1.55. The van der Waals surface area contributed by atoms with Gasteiger partial charge in [0, 0.05) is 0 Å². The lowest BCUT2D eigenvalue weighted by atomic mass is 9.94. The molecule has 4 nitrogen and oxygen atoms in total. The number of fused-ring (bicyclic) bond motifs is 3. The van der Waals surface area contributed by atoms with Crippen LogP contribution < -0.4 is 0 Å². The third-order valence-corrected chi connectivity index (χ3v) is 5.07. The highest BCUT2D eigenvalue weighted by atomic mass is 16.6. The van der Waals surface area contributed by atoms with Crippen LogP contribution >= 0.6 is 0 Å². The van der Waals surface area contributed by atoms with Crippen LogP contribution in [-0.4, -0.2) is 18.3 Å². The summed E-state index contributed by atoms with van der Waals surface area (Å²) < 4.78 is 18.6. The van der Waals surface area contributed by atoms with E-state index in [0.29, 0.717) is 18.8 Å². The predicted octanol–water partition coefficient (Wildman–Crippen LogP) is 3.89. The van der Waals surface area contributed by atoms with E-state index in [0.717, 1.165) is 12.0 Å². The van der Waals surface area contributed by atoms with Crippen molar-refractivity contribution >= 4 is 0 Å². The van der Waals surface area contributed by atoms with Gasteiger partial charge in [-0.05, 0) is 29.2 Å². The molecule has 1 fully saturated rings. The van der Waals surface area contributed by atoms with E-state index in [4.69, 9.17) is 14.2 Å². The molecule has 2 heterocycles. The SMILES string of the molecule is CC[C@H]1O[C@@H]2c3ccccc3CO[C@@H]2[C@H]1OCc1ccccc1C#N. The summed E-state index contributed by atoms with van der Waals surface area (Å²) in [5, 5.41) is 9.25. The molecular formula is C21H21NO3. The number of rotatable bonds is 4. The summed E-state index contributed by atoms with van der Waals surface area (Å²) in [7, 11) is 0. The molecule has 0 unspecified atom stereocenters. The highest BCUT2D eigenvalue weighted by Gasteiger charge is 2.48. The molecular weight excluding hydrogens is 314 g/mol. The first-order valence-corrected chi connectivity index (χ1v) is 8.76. The fraction of sp³-hybridized carbons (Fsp3) is 0.381. The van der Waals surface area contributed by atoms with E-state index in [9.17, 15) is 5.26 Å². The summed E-state index contributed by atoms with van der Waals surface area (Å²) in [6, 6.07) is 18.1. The van der Waals surface area contributed by atoms with Crippen molar-refractivity contribution in [1.82, 2.24) is 0 Å². The van der Waals surface area contributed by atoms with Crippen LogP contribution in [0.5, 0.6) is 0 Å². The van der Waals surface area contributed by atoms with Gasteiger partial charge in [0.25, 0.3) is 0 Å². The molecule has 0 spiro atoms. The van der Waals surface area contributed by atoms with Gasteiger partial charge in [-0.3, -0.25) is 0 Å². The van der Waals surface area contributed by atoms with E-state index in [2.05, 4.69) is 25.1 Å². The monoisotopic (exact) mass is 335 g/mol. The Labute approximate surface area is 147 Å². The van der Waals surface area contributed by atoms with E-state index in [1.165, 1.54) is 11.1 Å². The summed E-state index contributed by atoms with van der Waals surface area (Å²) in [6.07, 6.45) is 0.550. The Morgan fingerprint density at radius 1 is 1.16 bits per heavy atom. The molecule has 4 heteroatoms. The first kappa shape index (κ1) is 16.3. The van der Waals surface area contributed by atoms with E-state index in [1.54, 1.807) is 0 Å². The Morgan fingerprint density at radius 2 is 1.96 bits per heavy atom. The van der Waals surface area contributed by atoms with Crippen molar-refractivity contribution in [2.24, 2.45) is 0 Å². The van der Waals surface area contributed by atoms with Gasteiger partial charge in [0.2, 0.25) is 0 Å². The van der Waals surface area contributed by atoms with Crippen molar-refractivity contribution in [3.05, 3.63) is 70.8 Å². The van der Waals surface area contributed by atoms with Crippen LogP contribution in [0.3, 0.4) is 0 Å². The molecule has 0 bridgehead atoms. The average Bonchev–Trinajstić information content (AvgIpc) is 3.04. The molecule has 0 amide bonds. The summed E-state index contributed by atoms with van der Waals surface area (Å²) in [5.41, 5.74) is 3.95. The summed E-state index contributed by atoms with van der Waals surface area (Å²) in [4.78, 5) is 0. The van der Waals surface area contributed by atoms with Crippen molar-refractivity contribution in [2.45, 2.75) is 51.0 Å². The van der Waals surface area contributed by atoms with E-state index in [-0.39, 0.29) is 24.4 Å². The van der Waals surface area contributed by atoms with Gasteiger partial charge in [-0.25, -0.2) is 0 Å².